The van der Waals surface area contributed by atoms with Crippen LogP contribution in [-0.4, -0.2) is 28.9 Å². The van der Waals surface area contributed by atoms with Gasteiger partial charge >= 0.3 is 0 Å². The summed E-state index contributed by atoms with van der Waals surface area (Å²) in [6.07, 6.45) is 0. The lowest BCUT2D eigenvalue weighted by Gasteiger charge is -2.07. The van der Waals surface area contributed by atoms with Crippen LogP contribution in [0.4, 0.5) is 11.6 Å². The van der Waals surface area contributed by atoms with Gasteiger partial charge in [-0.05, 0) is 17.7 Å². The van der Waals surface area contributed by atoms with E-state index < -0.39 is 5.91 Å². The van der Waals surface area contributed by atoms with E-state index in [4.69, 9.17) is 33.5 Å². The first kappa shape index (κ1) is 17.3. The van der Waals surface area contributed by atoms with Crippen molar-refractivity contribution in [3.63, 3.8) is 0 Å². The Hall–Kier alpha value is -3.07. The molecule has 7 N–H and O–H groups in total. The van der Waals surface area contributed by atoms with Crippen molar-refractivity contribution in [2.45, 2.75) is 6.54 Å². The fourth-order valence-electron chi connectivity index (χ4n) is 1.73. The molecule has 0 atom stereocenters. The second-order valence-corrected chi connectivity index (χ2v) is 5.00. The molecule has 1 aromatic heterocycles. The van der Waals surface area contributed by atoms with Crippen LogP contribution in [0.1, 0.15) is 16.1 Å². The maximum absolute atomic E-state index is 12.1. The third-order valence-corrected chi connectivity index (χ3v) is 3.23. The van der Waals surface area contributed by atoms with E-state index in [0.717, 1.165) is 11.3 Å². The van der Waals surface area contributed by atoms with Gasteiger partial charge in [0.25, 0.3) is 5.91 Å². The number of nitrogens with zero attached hydrogens (tertiary/aromatic N) is 3. The number of ether oxygens (including phenoxy) is 1. The molecule has 9 nitrogen and oxygen atoms in total. The second kappa shape index (κ2) is 7.47. The molecule has 0 aliphatic heterocycles. The van der Waals surface area contributed by atoms with Gasteiger partial charge < -0.3 is 21.9 Å². The van der Waals surface area contributed by atoms with Crippen molar-refractivity contribution < 1.29 is 9.53 Å². The third kappa shape index (κ3) is 4.23. The highest BCUT2D eigenvalue weighted by atomic mass is 35.5. The molecular formula is C14H16ClN7O2. The summed E-state index contributed by atoms with van der Waals surface area (Å²) >= 11 is 5.73. The lowest BCUT2D eigenvalue weighted by Crippen LogP contribution is -2.37. The Morgan fingerprint density at radius 3 is 2.54 bits per heavy atom. The molecule has 0 radical (unpaired) electrons. The average molecular weight is 350 g/mol. The predicted molar refractivity (Wildman–Crippen MR) is 91.7 cm³/mol. The number of hydrogen-bond donors (Lipinski definition) is 4. The van der Waals surface area contributed by atoms with Crippen LogP contribution < -0.4 is 27.3 Å². The van der Waals surface area contributed by atoms with Crippen molar-refractivity contribution in [1.29, 1.82) is 0 Å². The van der Waals surface area contributed by atoms with Crippen LogP contribution in [0, 0.1) is 0 Å². The summed E-state index contributed by atoms with van der Waals surface area (Å²) in [4.78, 5) is 23.6. The normalized spacial score (nSPS) is 11.2. The summed E-state index contributed by atoms with van der Waals surface area (Å²) in [5, 5.41) is 2.24. The molecule has 2 aromatic rings. The van der Waals surface area contributed by atoms with Crippen LogP contribution in [0.5, 0.6) is 5.75 Å². The van der Waals surface area contributed by atoms with Gasteiger partial charge in [-0.1, -0.05) is 23.7 Å². The number of rotatable bonds is 4. The van der Waals surface area contributed by atoms with E-state index >= 15 is 0 Å². The molecule has 1 heterocycles. The molecule has 10 heteroatoms. The number of anilines is 2. The number of carbonyl (C=O) groups is 1. The molecule has 0 bridgehead atoms. The Morgan fingerprint density at radius 2 is 1.92 bits per heavy atom. The summed E-state index contributed by atoms with van der Waals surface area (Å²) in [5.41, 5.74) is 17.4. The maximum Gasteiger partial charge on any atom is 0.280 e. The van der Waals surface area contributed by atoms with E-state index in [2.05, 4.69) is 20.3 Å². The van der Waals surface area contributed by atoms with Crippen molar-refractivity contribution >= 4 is 35.1 Å². The largest absolute Gasteiger partial charge is 0.497 e. The van der Waals surface area contributed by atoms with E-state index in [0.29, 0.717) is 0 Å². The van der Waals surface area contributed by atoms with Gasteiger partial charge in [0.15, 0.2) is 28.4 Å². The Labute approximate surface area is 142 Å². The number of guanidine groups is 1. The molecule has 0 unspecified atom stereocenters. The van der Waals surface area contributed by atoms with Crippen LogP contribution >= 0.6 is 11.6 Å². The average Bonchev–Trinajstić information content (AvgIpc) is 2.56. The zero-order chi connectivity index (χ0) is 17.7. The summed E-state index contributed by atoms with van der Waals surface area (Å²) in [6, 6.07) is 7.26. The second-order valence-electron chi connectivity index (χ2n) is 4.64. The standard InChI is InChI=1S/C14H16ClN7O2/c1-24-8-4-2-7(3-5-8)6-19-14(18)22-13(23)9-11(16)21-12(17)10(15)20-9/h2-5H,6H2,1H3,(H4,16,17,21)(H3,18,19,22,23). The lowest BCUT2D eigenvalue weighted by atomic mass is 10.2. The Bertz CT molecular complexity index is 777. The smallest absolute Gasteiger partial charge is 0.280 e. The van der Waals surface area contributed by atoms with Crippen LogP contribution in [0.25, 0.3) is 0 Å². The quantitative estimate of drug-likeness (QED) is 0.464. The summed E-state index contributed by atoms with van der Waals surface area (Å²) in [7, 11) is 1.58. The number of amides is 1. The van der Waals surface area contributed by atoms with Gasteiger partial charge in [0.2, 0.25) is 0 Å². The molecule has 2 rings (SSSR count). The maximum atomic E-state index is 12.1. The van der Waals surface area contributed by atoms with Gasteiger partial charge in [-0.25, -0.2) is 15.0 Å². The number of hydrogen-bond acceptors (Lipinski definition) is 7. The molecule has 1 aromatic carbocycles. The number of aliphatic imine (C=N–C) groups is 1. The van der Waals surface area contributed by atoms with Gasteiger partial charge in [-0.15, -0.1) is 0 Å². The van der Waals surface area contributed by atoms with Gasteiger partial charge in [0.1, 0.15) is 5.75 Å². The topological polar surface area (TPSA) is 155 Å². The Morgan fingerprint density at radius 1 is 1.25 bits per heavy atom. The Balaban J connectivity index is 2.03. The van der Waals surface area contributed by atoms with Crippen LogP contribution in [0.15, 0.2) is 29.3 Å². The molecule has 0 fully saturated rings. The van der Waals surface area contributed by atoms with Gasteiger partial charge in [-0.2, -0.15) is 0 Å². The van der Waals surface area contributed by atoms with Crippen LogP contribution in [0.3, 0.4) is 0 Å². The van der Waals surface area contributed by atoms with E-state index in [1.807, 2.05) is 12.1 Å². The SMILES string of the molecule is COc1ccc(CN=C(N)NC(=O)c2nc(Cl)c(N)nc2N)cc1. The number of benzene rings is 1. The molecule has 0 aliphatic carbocycles. The molecule has 24 heavy (non-hydrogen) atoms. The van der Waals surface area contributed by atoms with Gasteiger partial charge in [-0.3, -0.25) is 10.1 Å². The number of carbonyl (C=O) groups excluding carboxylic acids is 1. The Kier molecular flexibility index (Phi) is 5.38. The lowest BCUT2D eigenvalue weighted by molar-refractivity contribution is 0.0972. The molecule has 126 valence electrons. The fraction of sp³-hybridized carbons (Fsp3) is 0.143. The van der Waals surface area contributed by atoms with E-state index in [1.54, 1.807) is 19.2 Å². The first-order valence-corrected chi connectivity index (χ1v) is 7.11. The molecular weight excluding hydrogens is 334 g/mol. The van der Waals surface area contributed by atoms with Crippen LogP contribution in [0.2, 0.25) is 5.15 Å². The monoisotopic (exact) mass is 349 g/mol. The van der Waals surface area contributed by atoms with Gasteiger partial charge in [0, 0.05) is 0 Å². The first-order chi connectivity index (χ1) is 11.4. The summed E-state index contributed by atoms with van der Waals surface area (Å²) < 4.78 is 5.06. The van der Waals surface area contributed by atoms with Gasteiger partial charge in [0.05, 0.1) is 13.7 Å². The van der Waals surface area contributed by atoms with Crippen molar-refractivity contribution in [2.75, 3.05) is 18.6 Å². The first-order valence-electron chi connectivity index (χ1n) is 6.73. The van der Waals surface area contributed by atoms with Crippen molar-refractivity contribution in [2.24, 2.45) is 10.7 Å². The minimum atomic E-state index is -0.683. The van der Waals surface area contributed by atoms with Crippen molar-refractivity contribution in [3.05, 3.63) is 40.7 Å². The predicted octanol–water partition coefficient (Wildman–Crippen LogP) is 0.548. The minimum Gasteiger partial charge on any atom is -0.497 e. The van der Waals surface area contributed by atoms with E-state index in [-0.39, 0.29) is 35.0 Å². The molecule has 0 saturated carbocycles. The van der Waals surface area contributed by atoms with Crippen molar-refractivity contribution in [3.8, 4) is 5.75 Å². The summed E-state index contributed by atoms with van der Waals surface area (Å²) in [6.45, 7) is 0.278. The summed E-state index contributed by atoms with van der Waals surface area (Å²) in [5.74, 6) is -0.259. The van der Waals surface area contributed by atoms with Crippen LogP contribution in [-0.2, 0) is 6.54 Å². The highest BCUT2D eigenvalue weighted by molar-refractivity contribution is 6.31. The number of nitrogen functional groups attached to an aromatic ring is 2. The molecule has 0 aliphatic rings. The molecule has 0 spiro atoms. The number of nitrogens with one attached hydrogen (secondary N) is 1. The van der Waals surface area contributed by atoms with Crippen molar-refractivity contribution in [1.82, 2.24) is 15.3 Å². The number of aromatic nitrogens is 2. The minimum absolute atomic E-state index is 0.0631. The highest BCUT2D eigenvalue weighted by Gasteiger charge is 2.16. The molecule has 1 amide bonds. The fourth-order valence-corrected chi connectivity index (χ4v) is 1.86. The van der Waals surface area contributed by atoms with E-state index in [9.17, 15) is 4.79 Å². The number of methoxy groups -OCH3 is 1. The number of nitrogens with two attached hydrogens (primary N) is 3. The highest BCUT2D eigenvalue weighted by Crippen LogP contribution is 2.17. The molecule has 0 saturated heterocycles. The third-order valence-electron chi connectivity index (χ3n) is 2.95. The van der Waals surface area contributed by atoms with E-state index in [1.165, 1.54) is 0 Å². The zero-order valence-corrected chi connectivity index (χ0v) is 13.5. The number of halogens is 1. The zero-order valence-electron chi connectivity index (χ0n) is 12.8.